The molecule has 0 spiro atoms. The molecule has 1 unspecified atom stereocenters. The number of rotatable bonds is 5. The molecule has 4 aromatic rings. The Bertz CT molecular complexity index is 1380. The zero-order valence-electron chi connectivity index (χ0n) is 20.1. The maximum atomic E-state index is 13.8. The number of aromatic nitrogens is 4. The Labute approximate surface area is 208 Å². The van der Waals surface area contributed by atoms with Gasteiger partial charge in [-0.25, -0.2) is 14.6 Å². The highest BCUT2D eigenvalue weighted by molar-refractivity contribution is 7.13. The average Bonchev–Trinajstić information content (AvgIpc) is 3.55. The van der Waals surface area contributed by atoms with E-state index in [-0.39, 0.29) is 23.8 Å². The maximum absolute atomic E-state index is 13.8. The zero-order chi connectivity index (χ0) is 24.5. The van der Waals surface area contributed by atoms with Gasteiger partial charge in [0, 0.05) is 25.3 Å². The van der Waals surface area contributed by atoms with Crippen LogP contribution in [0.2, 0.25) is 0 Å². The second-order valence-electron chi connectivity index (χ2n) is 9.20. The first kappa shape index (κ1) is 23.2. The number of fused-ring (bicyclic) bond motifs is 1. The molecule has 2 amide bonds. The molecule has 5 rings (SSSR count). The van der Waals surface area contributed by atoms with E-state index in [2.05, 4.69) is 15.4 Å². The molecule has 0 aromatic carbocycles. The normalized spacial score (nSPS) is 16.1. The summed E-state index contributed by atoms with van der Waals surface area (Å²) in [5.74, 6) is 0.0844. The number of piperidine rings is 1. The van der Waals surface area contributed by atoms with Crippen molar-refractivity contribution in [2.75, 3.05) is 18.4 Å². The van der Waals surface area contributed by atoms with Crippen molar-refractivity contribution in [1.82, 2.24) is 24.6 Å². The molecule has 1 aliphatic heterocycles. The lowest BCUT2D eigenvalue weighted by Gasteiger charge is -2.32. The lowest BCUT2D eigenvalue weighted by Crippen LogP contribution is -2.44. The van der Waals surface area contributed by atoms with Gasteiger partial charge in [0.2, 0.25) is 5.91 Å². The topological polar surface area (TPSA) is 93.0 Å². The first-order valence-corrected chi connectivity index (χ1v) is 12.7. The Kier molecular flexibility index (Phi) is 6.34. The van der Waals surface area contributed by atoms with Crippen LogP contribution in [0.25, 0.3) is 21.6 Å². The summed E-state index contributed by atoms with van der Waals surface area (Å²) in [6, 6.07) is 9.71. The van der Waals surface area contributed by atoms with Gasteiger partial charge in [-0.05, 0) is 62.8 Å². The number of nitrogens with one attached hydrogen (secondary N) is 1. The van der Waals surface area contributed by atoms with Crippen LogP contribution in [0.15, 0.2) is 48.1 Å². The molecule has 1 saturated heterocycles. The minimum absolute atomic E-state index is 0.0926. The predicted molar refractivity (Wildman–Crippen MR) is 137 cm³/mol. The Morgan fingerprint density at radius 3 is 2.83 bits per heavy atom. The number of nitrogens with zero attached hydrogens (tertiary/aromatic N) is 5. The second kappa shape index (κ2) is 9.58. The smallest absolute Gasteiger partial charge is 0.254 e. The molecule has 1 aliphatic rings. The van der Waals surface area contributed by atoms with Crippen molar-refractivity contribution in [2.24, 2.45) is 5.92 Å². The van der Waals surface area contributed by atoms with Gasteiger partial charge < -0.3 is 10.2 Å². The number of anilines is 1. The highest BCUT2D eigenvalue weighted by atomic mass is 32.1. The van der Waals surface area contributed by atoms with E-state index < -0.39 is 0 Å². The molecule has 5 heterocycles. The molecule has 1 N–H and O–H groups in total. The fourth-order valence-electron chi connectivity index (χ4n) is 4.50. The lowest BCUT2D eigenvalue weighted by molar-refractivity contribution is -0.121. The molecule has 4 aromatic heterocycles. The van der Waals surface area contributed by atoms with E-state index in [1.807, 2.05) is 61.2 Å². The molecule has 0 radical (unpaired) electrons. The molecule has 0 saturated carbocycles. The van der Waals surface area contributed by atoms with Crippen LogP contribution in [0.1, 0.15) is 48.7 Å². The van der Waals surface area contributed by atoms with Crippen molar-refractivity contribution >= 4 is 40.0 Å². The van der Waals surface area contributed by atoms with Gasteiger partial charge in [-0.1, -0.05) is 12.1 Å². The second-order valence-corrected chi connectivity index (χ2v) is 10.1. The van der Waals surface area contributed by atoms with E-state index in [9.17, 15) is 9.59 Å². The maximum Gasteiger partial charge on any atom is 0.254 e. The van der Waals surface area contributed by atoms with Gasteiger partial charge in [0.15, 0.2) is 5.65 Å². The Balaban J connectivity index is 1.44. The van der Waals surface area contributed by atoms with Gasteiger partial charge in [-0.2, -0.15) is 5.10 Å². The fraction of sp³-hybridized carbons (Fsp3) is 0.346. The molecular formula is C26H28N6O2S. The third-order valence-corrected chi connectivity index (χ3v) is 7.28. The van der Waals surface area contributed by atoms with E-state index in [1.165, 1.54) is 0 Å². The van der Waals surface area contributed by atoms with Gasteiger partial charge >= 0.3 is 0 Å². The van der Waals surface area contributed by atoms with E-state index >= 15 is 0 Å². The lowest BCUT2D eigenvalue weighted by atomic mass is 9.96. The number of hydrogen-bond acceptors (Lipinski definition) is 6. The Morgan fingerprint density at radius 2 is 2.09 bits per heavy atom. The van der Waals surface area contributed by atoms with Crippen LogP contribution >= 0.6 is 11.3 Å². The van der Waals surface area contributed by atoms with Crippen molar-refractivity contribution in [3.05, 3.63) is 59.2 Å². The first-order chi connectivity index (χ1) is 16.9. The van der Waals surface area contributed by atoms with Crippen LogP contribution in [0.3, 0.4) is 0 Å². The summed E-state index contributed by atoms with van der Waals surface area (Å²) in [4.78, 5) is 38.7. The standard InChI is InChI=1S/C26H28N6O2S/c1-16(2)32-24-20(14-28-32)19(13-21(29-24)22-9-6-12-35-22)26(34)31-11-5-8-18(15-31)25(33)30-23-17(3)7-4-10-27-23/h4,6-7,9-10,12-14,16,18H,5,8,11,15H2,1-3H3,(H,27,30,33). The van der Waals surface area contributed by atoms with Crippen LogP contribution in [0, 0.1) is 12.8 Å². The molecule has 1 fully saturated rings. The van der Waals surface area contributed by atoms with Crippen LogP contribution in [0.5, 0.6) is 0 Å². The summed E-state index contributed by atoms with van der Waals surface area (Å²) in [5.41, 5.74) is 2.94. The molecule has 8 nitrogen and oxygen atoms in total. The van der Waals surface area contributed by atoms with Crippen LogP contribution in [-0.2, 0) is 4.79 Å². The van der Waals surface area contributed by atoms with Gasteiger partial charge in [-0.3, -0.25) is 9.59 Å². The summed E-state index contributed by atoms with van der Waals surface area (Å²) in [7, 11) is 0. The molecule has 0 bridgehead atoms. The molecule has 180 valence electrons. The number of likely N-dealkylation sites (tertiary alicyclic amines) is 1. The van der Waals surface area contributed by atoms with Gasteiger partial charge in [0.05, 0.1) is 33.6 Å². The summed E-state index contributed by atoms with van der Waals surface area (Å²) in [6.45, 7) is 6.99. The number of hydrogen-bond donors (Lipinski definition) is 1. The average molecular weight is 489 g/mol. The fourth-order valence-corrected chi connectivity index (χ4v) is 5.19. The van der Waals surface area contributed by atoms with Gasteiger partial charge in [0.1, 0.15) is 5.82 Å². The van der Waals surface area contributed by atoms with Crippen LogP contribution < -0.4 is 5.32 Å². The summed E-state index contributed by atoms with van der Waals surface area (Å²) >= 11 is 1.59. The van der Waals surface area contributed by atoms with Gasteiger partial charge in [0.25, 0.3) is 5.91 Å². The Morgan fingerprint density at radius 1 is 1.23 bits per heavy atom. The highest BCUT2D eigenvalue weighted by Gasteiger charge is 2.31. The summed E-state index contributed by atoms with van der Waals surface area (Å²) in [5, 5.41) is 10.2. The van der Waals surface area contributed by atoms with E-state index in [4.69, 9.17) is 4.98 Å². The van der Waals surface area contributed by atoms with Crippen molar-refractivity contribution in [1.29, 1.82) is 0 Å². The first-order valence-electron chi connectivity index (χ1n) is 11.9. The van der Waals surface area contributed by atoms with Crippen LogP contribution in [0.4, 0.5) is 5.82 Å². The molecule has 35 heavy (non-hydrogen) atoms. The third-order valence-electron chi connectivity index (χ3n) is 6.39. The number of aryl methyl sites for hydroxylation is 1. The minimum Gasteiger partial charge on any atom is -0.338 e. The predicted octanol–water partition coefficient (Wildman–Crippen LogP) is 4.94. The largest absolute Gasteiger partial charge is 0.338 e. The van der Waals surface area contributed by atoms with E-state index in [1.54, 1.807) is 28.6 Å². The van der Waals surface area contributed by atoms with Crippen molar-refractivity contribution in [2.45, 2.75) is 39.7 Å². The molecule has 9 heteroatoms. The summed E-state index contributed by atoms with van der Waals surface area (Å²) < 4.78 is 1.85. The molecule has 0 aliphatic carbocycles. The van der Waals surface area contributed by atoms with E-state index in [0.29, 0.717) is 30.1 Å². The van der Waals surface area contributed by atoms with Crippen molar-refractivity contribution in [3.8, 4) is 10.6 Å². The quantitative estimate of drug-likeness (QED) is 0.430. The molecular weight excluding hydrogens is 460 g/mol. The van der Waals surface area contributed by atoms with Crippen LogP contribution in [-0.4, -0.2) is 49.6 Å². The zero-order valence-corrected chi connectivity index (χ0v) is 20.9. The monoisotopic (exact) mass is 488 g/mol. The van der Waals surface area contributed by atoms with Gasteiger partial charge in [-0.15, -0.1) is 11.3 Å². The number of carbonyl (C=O) groups is 2. The van der Waals surface area contributed by atoms with Crippen molar-refractivity contribution < 1.29 is 9.59 Å². The number of pyridine rings is 2. The number of amides is 2. The summed E-state index contributed by atoms with van der Waals surface area (Å²) in [6.07, 6.45) is 4.89. The molecule has 1 atom stereocenters. The van der Waals surface area contributed by atoms with Crippen molar-refractivity contribution in [3.63, 3.8) is 0 Å². The Hall–Kier alpha value is -3.59. The minimum atomic E-state index is -0.290. The SMILES string of the molecule is Cc1cccnc1NC(=O)C1CCCN(C(=O)c2cc(-c3cccs3)nc3c2cnn3C(C)C)C1. The highest BCUT2D eigenvalue weighted by Crippen LogP contribution is 2.30. The number of thiophene rings is 1. The van der Waals surface area contributed by atoms with E-state index in [0.717, 1.165) is 34.4 Å². The number of carbonyl (C=O) groups excluding carboxylic acids is 2. The third kappa shape index (κ3) is 4.55.